The third kappa shape index (κ3) is 3.90. The summed E-state index contributed by atoms with van der Waals surface area (Å²) >= 11 is 5.01. The molecule has 3 nitrogen and oxygen atoms in total. The highest BCUT2D eigenvalue weighted by Crippen LogP contribution is 2.26. The maximum absolute atomic E-state index is 4.55. The van der Waals surface area contributed by atoms with Crippen molar-refractivity contribution in [2.45, 2.75) is 33.1 Å². The molecule has 0 unspecified atom stereocenters. The van der Waals surface area contributed by atoms with Crippen LogP contribution in [-0.4, -0.2) is 10.7 Å². The SMILES string of the molecule is CC(=NNc1nc(C(C)(C)C)cs1)c1ccc(Br)cc1. The maximum Gasteiger partial charge on any atom is 0.203 e. The Hall–Kier alpha value is -1.20. The topological polar surface area (TPSA) is 37.3 Å². The summed E-state index contributed by atoms with van der Waals surface area (Å²) in [6.07, 6.45) is 0. The average Bonchev–Trinajstić information content (AvgIpc) is 2.85. The third-order valence-corrected chi connectivity index (χ3v) is 4.13. The molecule has 1 aromatic carbocycles. The molecule has 1 N–H and O–H groups in total. The van der Waals surface area contributed by atoms with Crippen molar-refractivity contribution in [1.82, 2.24) is 4.98 Å². The number of thiazole rings is 1. The van der Waals surface area contributed by atoms with Gasteiger partial charge in [0.15, 0.2) is 0 Å². The Morgan fingerprint density at radius 3 is 2.45 bits per heavy atom. The Morgan fingerprint density at radius 2 is 1.90 bits per heavy atom. The summed E-state index contributed by atoms with van der Waals surface area (Å²) in [5.74, 6) is 0. The number of nitrogens with one attached hydrogen (secondary N) is 1. The highest BCUT2D eigenvalue weighted by molar-refractivity contribution is 9.10. The number of nitrogens with zero attached hydrogens (tertiary/aromatic N) is 2. The second kappa shape index (κ2) is 6.06. The zero-order chi connectivity index (χ0) is 14.8. The van der Waals surface area contributed by atoms with Gasteiger partial charge in [-0.3, -0.25) is 5.43 Å². The number of aromatic nitrogens is 1. The first-order valence-electron chi connectivity index (χ1n) is 6.38. The summed E-state index contributed by atoms with van der Waals surface area (Å²) in [7, 11) is 0. The van der Waals surface area contributed by atoms with Crippen LogP contribution < -0.4 is 5.43 Å². The number of anilines is 1. The number of halogens is 1. The number of rotatable bonds is 3. The molecule has 0 spiro atoms. The van der Waals surface area contributed by atoms with E-state index in [-0.39, 0.29) is 5.41 Å². The number of hydrogen-bond acceptors (Lipinski definition) is 4. The molecule has 0 radical (unpaired) electrons. The standard InChI is InChI=1S/C15H18BrN3S/c1-10(11-5-7-12(16)8-6-11)18-19-14-17-13(9-20-14)15(2,3)4/h5-9H,1-4H3,(H,17,19). The van der Waals surface area contributed by atoms with Crippen LogP contribution in [0, 0.1) is 0 Å². The van der Waals surface area contributed by atoms with Gasteiger partial charge in [0.1, 0.15) is 0 Å². The fourth-order valence-electron chi connectivity index (χ4n) is 1.56. The molecule has 2 rings (SSSR count). The first-order chi connectivity index (χ1) is 9.36. The van der Waals surface area contributed by atoms with E-state index in [1.807, 2.05) is 31.2 Å². The van der Waals surface area contributed by atoms with E-state index < -0.39 is 0 Å². The van der Waals surface area contributed by atoms with Crippen molar-refractivity contribution in [2.24, 2.45) is 5.10 Å². The predicted molar refractivity (Wildman–Crippen MR) is 90.8 cm³/mol. The Balaban J connectivity index is 2.09. The summed E-state index contributed by atoms with van der Waals surface area (Å²) < 4.78 is 1.07. The monoisotopic (exact) mass is 351 g/mol. The first kappa shape index (κ1) is 15.2. The number of hydrogen-bond donors (Lipinski definition) is 1. The molecule has 5 heteroatoms. The van der Waals surface area contributed by atoms with E-state index in [0.29, 0.717) is 0 Å². The van der Waals surface area contributed by atoms with Gasteiger partial charge in [0.25, 0.3) is 0 Å². The Morgan fingerprint density at radius 1 is 1.25 bits per heavy atom. The predicted octanol–water partition coefficient (Wildman–Crippen LogP) is 5.04. The number of hydrazone groups is 1. The molecular formula is C15H18BrN3S. The van der Waals surface area contributed by atoms with Gasteiger partial charge in [0.05, 0.1) is 11.4 Å². The first-order valence-corrected chi connectivity index (χ1v) is 8.06. The van der Waals surface area contributed by atoms with Crippen LogP contribution in [0.2, 0.25) is 0 Å². The van der Waals surface area contributed by atoms with E-state index >= 15 is 0 Å². The summed E-state index contributed by atoms with van der Waals surface area (Å²) in [5, 5.41) is 7.29. The van der Waals surface area contributed by atoms with E-state index in [9.17, 15) is 0 Å². The van der Waals surface area contributed by atoms with Crippen LogP contribution in [0.15, 0.2) is 39.2 Å². The Kier molecular flexibility index (Phi) is 4.60. The lowest BCUT2D eigenvalue weighted by Gasteiger charge is -2.13. The van der Waals surface area contributed by atoms with Gasteiger partial charge in [-0.1, -0.05) is 48.8 Å². The minimum absolute atomic E-state index is 0.0703. The summed E-state index contributed by atoms with van der Waals surface area (Å²) in [6, 6.07) is 8.09. The minimum Gasteiger partial charge on any atom is -0.252 e. The van der Waals surface area contributed by atoms with Crippen molar-refractivity contribution in [3.8, 4) is 0 Å². The van der Waals surface area contributed by atoms with E-state index in [0.717, 1.165) is 26.6 Å². The van der Waals surface area contributed by atoms with E-state index in [1.54, 1.807) is 11.3 Å². The molecule has 1 heterocycles. The fraction of sp³-hybridized carbons (Fsp3) is 0.333. The van der Waals surface area contributed by atoms with Crippen LogP contribution in [0.5, 0.6) is 0 Å². The van der Waals surface area contributed by atoms with Gasteiger partial charge in [-0.05, 0) is 24.6 Å². The molecule has 0 aliphatic rings. The zero-order valence-corrected chi connectivity index (χ0v) is 14.5. The van der Waals surface area contributed by atoms with Gasteiger partial charge < -0.3 is 0 Å². The minimum atomic E-state index is 0.0703. The van der Waals surface area contributed by atoms with Gasteiger partial charge >= 0.3 is 0 Å². The lowest BCUT2D eigenvalue weighted by atomic mass is 9.93. The molecule has 106 valence electrons. The average molecular weight is 352 g/mol. The normalized spacial score (nSPS) is 12.6. The maximum atomic E-state index is 4.55. The third-order valence-electron chi connectivity index (χ3n) is 2.85. The van der Waals surface area contributed by atoms with Crippen LogP contribution in [-0.2, 0) is 5.41 Å². The van der Waals surface area contributed by atoms with Crippen LogP contribution in [0.4, 0.5) is 5.13 Å². The number of benzene rings is 1. The molecule has 2 aromatic rings. The quantitative estimate of drug-likeness (QED) is 0.621. The second-order valence-corrected chi connectivity index (χ2v) is 7.38. The van der Waals surface area contributed by atoms with E-state index in [2.05, 4.69) is 57.6 Å². The molecule has 0 atom stereocenters. The summed E-state index contributed by atoms with van der Waals surface area (Å²) in [6.45, 7) is 8.45. The summed E-state index contributed by atoms with van der Waals surface area (Å²) in [4.78, 5) is 4.55. The van der Waals surface area contributed by atoms with Gasteiger partial charge in [0, 0.05) is 15.3 Å². The van der Waals surface area contributed by atoms with Crippen molar-refractivity contribution >= 4 is 38.1 Å². The molecule has 0 amide bonds. The highest BCUT2D eigenvalue weighted by atomic mass is 79.9. The molecule has 20 heavy (non-hydrogen) atoms. The lowest BCUT2D eigenvalue weighted by molar-refractivity contribution is 0.573. The van der Waals surface area contributed by atoms with Crippen LogP contribution in [0.1, 0.15) is 39.0 Å². The van der Waals surface area contributed by atoms with Crippen LogP contribution >= 0.6 is 27.3 Å². The fourth-order valence-corrected chi connectivity index (χ4v) is 2.70. The lowest BCUT2D eigenvalue weighted by Crippen LogP contribution is -2.11. The molecule has 0 bridgehead atoms. The van der Waals surface area contributed by atoms with Gasteiger partial charge in [0.2, 0.25) is 5.13 Å². The van der Waals surface area contributed by atoms with Crippen molar-refractivity contribution in [2.75, 3.05) is 5.43 Å². The second-order valence-electron chi connectivity index (χ2n) is 5.60. The smallest absolute Gasteiger partial charge is 0.203 e. The summed E-state index contributed by atoms with van der Waals surface area (Å²) in [5.41, 5.74) is 6.21. The molecule has 0 saturated carbocycles. The van der Waals surface area contributed by atoms with Crippen molar-refractivity contribution in [1.29, 1.82) is 0 Å². The van der Waals surface area contributed by atoms with E-state index in [1.165, 1.54) is 0 Å². The molecular weight excluding hydrogens is 334 g/mol. The molecule has 1 aromatic heterocycles. The Bertz CT molecular complexity index is 609. The van der Waals surface area contributed by atoms with Gasteiger partial charge in [-0.2, -0.15) is 5.10 Å². The van der Waals surface area contributed by atoms with E-state index in [4.69, 9.17) is 0 Å². The largest absolute Gasteiger partial charge is 0.252 e. The molecule has 0 aliphatic heterocycles. The molecule has 0 fully saturated rings. The van der Waals surface area contributed by atoms with Gasteiger partial charge in [-0.15, -0.1) is 11.3 Å². The van der Waals surface area contributed by atoms with Crippen LogP contribution in [0.3, 0.4) is 0 Å². The highest BCUT2D eigenvalue weighted by Gasteiger charge is 2.17. The molecule has 0 aliphatic carbocycles. The van der Waals surface area contributed by atoms with Crippen molar-refractivity contribution in [3.63, 3.8) is 0 Å². The van der Waals surface area contributed by atoms with Crippen molar-refractivity contribution < 1.29 is 0 Å². The zero-order valence-electron chi connectivity index (χ0n) is 12.1. The van der Waals surface area contributed by atoms with Crippen LogP contribution in [0.25, 0.3) is 0 Å². The Labute approximate surface area is 132 Å². The van der Waals surface area contributed by atoms with Crippen molar-refractivity contribution in [3.05, 3.63) is 45.4 Å². The molecule has 0 saturated heterocycles. The van der Waals surface area contributed by atoms with Gasteiger partial charge in [-0.25, -0.2) is 4.98 Å².